The van der Waals surface area contributed by atoms with Gasteiger partial charge >= 0.3 is 0 Å². The lowest BCUT2D eigenvalue weighted by atomic mass is 10.1. The number of hydrogen-bond acceptors (Lipinski definition) is 3. The number of thioether (sulfide) groups is 1. The van der Waals surface area contributed by atoms with Crippen LogP contribution < -0.4 is 5.32 Å². The molecule has 2 rings (SSSR count). The third kappa shape index (κ3) is 2.63. The van der Waals surface area contributed by atoms with E-state index in [4.69, 9.17) is 0 Å². The standard InChI is InChI=1S/C10H18N2S/c1-7(2)9-6-12-10(13-9)11-5-8-3-4-8/h7-9H,3-6H2,1-2H3,(H,11,12). The molecule has 1 N–H and O–H groups in total. The van der Waals surface area contributed by atoms with E-state index in [0.29, 0.717) is 5.25 Å². The van der Waals surface area contributed by atoms with E-state index in [-0.39, 0.29) is 0 Å². The summed E-state index contributed by atoms with van der Waals surface area (Å²) >= 11 is 1.93. The first-order valence-corrected chi connectivity index (χ1v) is 6.08. The zero-order chi connectivity index (χ0) is 9.26. The van der Waals surface area contributed by atoms with Gasteiger partial charge in [-0.3, -0.25) is 4.99 Å². The molecule has 0 saturated heterocycles. The molecule has 1 saturated carbocycles. The molecular weight excluding hydrogens is 180 g/mol. The van der Waals surface area contributed by atoms with Crippen LogP contribution in [0.3, 0.4) is 0 Å². The van der Waals surface area contributed by atoms with E-state index in [1.165, 1.54) is 18.0 Å². The van der Waals surface area contributed by atoms with Crippen LogP contribution in [0.1, 0.15) is 26.7 Å². The fraction of sp³-hybridized carbons (Fsp3) is 0.900. The van der Waals surface area contributed by atoms with E-state index in [1.807, 2.05) is 11.8 Å². The summed E-state index contributed by atoms with van der Waals surface area (Å²) in [5.74, 6) is 1.69. The van der Waals surface area contributed by atoms with Crippen LogP contribution in [0.15, 0.2) is 4.99 Å². The van der Waals surface area contributed by atoms with Gasteiger partial charge < -0.3 is 5.32 Å². The third-order valence-corrected chi connectivity index (χ3v) is 4.15. The lowest BCUT2D eigenvalue weighted by molar-refractivity contribution is 0.621. The normalized spacial score (nSPS) is 27.9. The van der Waals surface area contributed by atoms with Crippen molar-refractivity contribution in [3.8, 4) is 0 Å². The monoisotopic (exact) mass is 198 g/mol. The largest absolute Gasteiger partial charge is 0.365 e. The van der Waals surface area contributed by atoms with Crippen LogP contribution in [0, 0.1) is 11.8 Å². The van der Waals surface area contributed by atoms with Crippen LogP contribution in [0.5, 0.6) is 0 Å². The topological polar surface area (TPSA) is 24.4 Å². The molecule has 0 radical (unpaired) electrons. The van der Waals surface area contributed by atoms with Crippen molar-refractivity contribution in [3.63, 3.8) is 0 Å². The van der Waals surface area contributed by atoms with Gasteiger partial charge in [-0.2, -0.15) is 0 Å². The van der Waals surface area contributed by atoms with Gasteiger partial charge in [0.25, 0.3) is 0 Å². The highest BCUT2D eigenvalue weighted by molar-refractivity contribution is 8.14. The van der Waals surface area contributed by atoms with Crippen LogP contribution >= 0.6 is 11.8 Å². The Morgan fingerprint density at radius 2 is 2.31 bits per heavy atom. The Bertz CT molecular complexity index is 209. The first-order chi connectivity index (χ1) is 6.25. The van der Waals surface area contributed by atoms with Crippen molar-refractivity contribution in [2.75, 3.05) is 13.1 Å². The summed E-state index contributed by atoms with van der Waals surface area (Å²) in [7, 11) is 0. The quantitative estimate of drug-likeness (QED) is 0.751. The van der Waals surface area contributed by atoms with Crippen molar-refractivity contribution in [3.05, 3.63) is 0 Å². The fourth-order valence-electron chi connectivity index (χ4n) is 1.39. The van der Waals surface area contributed by atoms with Crippen LogP contribution in [-0.2, 0) is 0 Å². The Morgan fingerprint density at radius 1 is 1.54 bits per heavy atom. The molecule has 0 bridgehead atoms. The smallest absolute Gasteiger partial charge is 0.156 e. The molecule has 0 aromatic rings. The number of nitrogens with one attached hydrogen (secondary N) is 1. The molecule has 2 aliphatic rings. The summed E-state index contributed by atoms with van der Waals surface area (Å²) in [5, 5.41) is 5.34. The molecule has 0 aromatic carbocycles. The summed E-state index contributed by atoms with van der Waals surface area (Å²) in [6, 6.07) is 0. The molecule has 1 unspecified atom stereocenters. The van der Waals surface area contributed by atoms with Crippen LogP contribution in [-0.4, -0.2) is 23.5 Å². The molecular formula is C10H18N2S. The molecule has 0 aromatic heterocycles. The van der Waals surface area contributed by atoms with Crippen molar-refractivity contribution in [1.82, 2.24) is 5.32 Å². The predicted octanol–water partition coefficient (Wildman–Crippen LogP) is 2.11. The highest BCUT2D eigenvalue weighted by Gasteiger charge is 2.25. The number of rotatable bonds is 3. The molecule has 1 heterocycles. The SMILES string of the molecule is CC(C)C1CN=C(NCC2CC2)S1. The number of amidine groups is 1. The number of aliphatic imine (C=N–C) groups is 1. The minimum Gasteiger partial charge on any atom is -0.365 e. The highest BCUT2D eigenvalue weighted by Crippen LogP contribution is 2.29. The van der Waals surface area contributed by atoms with Crippen molar-refractivity contribution < 1.29 is 0 Å². The average Bonchev–Trinajstić information content (AvgIpc) is 2.79. The molecule has 2 nitrogen and oxygen atoms in total. The molecule has 1 aliphatic heterocycles. The van der Waals surface area contributed by atoms with Gasteiger partial charge in [-0.15, -0.1) is 0 Å². The lowest BCUT2D eigenvalue weighted by Crippen LogP contribution is -2.22. The minimum absolute atomic E-state index is 0.710. The minimum atomic E-state index is 0.710. The Morgan fingerprint density at radius 3 is 2.85 bits per heavy atom. The summed E-state index contributed by atoms with van der Waals surface area (Å²) < 4.78 is 0. The lowest BCUT2D eigenvalue weighted by Gasteiger charge is -2.11. The van der Waals surface area contributed by atoms with E-state index in [0.717, 1.165) is 24.9 Å². The van der Waals surface area contributed by atoms with Gasteiger partial charge in [0.2, 0.25) is 0 Å². The first-order valence-electron chi connectivity index (χ1n) is 5.20. The molecule has 74 valence electrons. The maximum atomic E-state index is 4.51. The maximum absolute atomic E-state index is 4.51. The second kappa shape index (κ2) is 3.91. The Kier molecular flexibility index (Phi) is 2.82. The Labute approximate surface area is 84.6 Å². The van der Waals surface area contributed by atoms with Gasteiger partial charge in [-0.1, -0.05) is 25.6 Å². The fourth-order valence-corrected chi connectivity index (χ4v) is 2.41. The first kappa shape index (κ1) is 9.38. The third-order valence-electron chi connectivity index (χ3n) is 2.66. The van der Waals surface area contributed by atoms with Gasteiger partial charge in [-0.05, 0) is 24.7 Å². The maximum Gasteiger partial charge on any atom is 0.156 e. The molecule has 0 amide bonds. The summed E-state index contributed by atoms with van der Waals surface area (Å²) in [6.45, 7) is 6.71. The van der Waals surface area contributed by atoms with Crippen molar-refractivity contribution in [2.24, 2.45) is 16.8 Å². The molecule has 1 atom stereocenters. The van der Waals surface area contributed by atoms with Gasteiger partial charge in [0, 0.05) is 11.8 Å². The second-order valence-electron chi connectivity index (χ2n) is 4.37. The summed E-state index contributed by atoms with van der Waals surface area (Å²) in [5.41, 5.74) is 0. The molecule has 3 heteroatoms. The zero-order valence-electron chi connectivity index (χ0n) is 8.42. The second-order valence-corrected chi connectivity index (χ2v) is 5.60. The average molecular weight is 198 g/mol. The molecule has 1 aliphatic carbocycles. The number of hydrogen-bond donors (Lipinski definition) is 1. The Balaban J connectivity index is 1.69. The van der Waals surface area contributed by atoms with Crippen molar-refractivity contribution in [1.29, 1.82) is 0 Å². The molecule has 13 heavy (non-hydrogen) atoms. The van der Waals surface area contributed by atoms with Gasteiger partial charge in [-0.25, -0.2) is 0 Å². The number of nitrogens with zero attached hydrogens (tertiary/aromatic N) is 1. The zero-order valence-corrected chi connectivity index (χ0v) is 9.23. The van der Waals surface area contributed by atoms with Crippen molar-refractivity contribution in [2.45, 2.75) is 31.9 Å². The Hall–Kier alpha value is -0.180. The van der Waals surface area contributed by atoms with Crippen LogP contribution in [0.4, 0.5) is 0 Å². The van der Waals surface area contributed by atoms with Gasteiger partial charge in [0.15, 0.2) is 5.17 Å². The highest BCUT2D eigenvalue weighted by atomic mass is 32.2. The molecule has 1 fully saturated rings. The van der Waals surface area contributed by atoms with Crippen LogP contribution in [0.25, 0.3) is 0 Å². The van der Waals surface area contributed by atoms with Crippen LogP contribution in [0.2, 0.25) is 0 Å². The summed E-state index contributed by atoms with van der Waals surface area (Å²) in [6.07, 6.45) is 2.83. The van der Waals surface area contributed by atoms with Gasteiger partial charge in [0.05, 0.1) is 6.54 Å². The van der Waals surface area contributed by atoms with Gasteiger partial charge in [0.1, 0.15) is 0 Å². The van der Waals surface area contributed by atoms with E-state index >= 15 is 0 Å². The molecule has 0 spiro atoms. The predicted molar refractivity (Wildman–Crippen MR) is 59.2 cm³/mol. The van der Waals surface area contributed by atoms with Crippen molar-refractivity contribution >= 4 is 16.9 Å². The van der Waals surface area contributed by atoms with E-state index in [1.54, 1.807) is 0 Å². The summed E-state index contributed by atoms with van der Waals surface area (Å²) in [4.78, 5) is 4.51. The van der Waals surface area contributed by atoms with E-state index in [2.05, 4.69) is 24.2 Å². The van der Waals surface area contributed by atoms with E-state index < -0.39 is 0 Å². The van der Waals surface area contributed by atoms with E-state index in [9.17, 15) is 0 Å².